The van der Waals surface area contributed by atoms with Crippen molar-refractivity contribution in [3.05, 3.63) is 65.0 Å². The van der Waals surface area contributed by atoms with Gasteiger partial charge in [-0.1, -0.05) is 41.9 Å². The molecule has 6 nitrogen and oxygen atoms in total. The summed E-state index contributed by atoms with van der Waals surface area (Å²) in [5.41, 5.74) is 0.686. The Kier molecular flexibility index (Phi) is 5.32. The van der Waals surface area contributed by atoms with Gasteiger partial charge < -0.3 is 15.2 Å². The first-order valence-electron chi connectivity index (χ1n) is 6.52. The number of aromatic nitrogens is 1. The predicted octanol–water partition coefficient (Wildman–Crippen LogP) is 3.06. The first-order valence-corrected chi connectivity index (χ1v) is 6.90. The molecule has 0 fully saturated rings. The summed E-state index contributed by atoms with van der Waals surface area (Å²) in [4.78, 5) is 27.2. The first kappa shape index (κ1) is 16.5. The van der Waals surface area contributed by atoms with E-state index in [0.717, 1.165) is 6.08 Å². The minimum Gasteiger partial charge on any atom is -0.507 e. The Hall–Kier alpha value is -2.86. The molecule has 0 atom stereocenters. The van der Waals surface area contributed by atoms with Crippen molar-refractivity contribution in [3.63, 3.8) is 0 Å². The molecule has 1 aromatic carbocycles. The number of anilines is 1. The van der Waals surface area contributed by atoms with E-state index in [2.05, 4.69) is 15.0 Å². The average Bonchev–Trinajstić information content (AvgIpc) is 2.56. The van der Waals surface area contributed by atoms with Crippen molar-refractivity contribution >= 4 is 34.9 Å². The summed E-state index contributed by atoms with van der Waals surface area (Å²) in [6.45, 7) is 0. The Bertz CT molecular complexity index is 760. The summed E-state index contributed by atoms with van der Waals surface area (Å²) in [6, 6.07) is 9.88. The largest absolute Gasteiger partial charge is 0.507 e. The number of halogens is 1. The zero-order chi connectivity index (χ0) is 16.8. The quantitative estimate of drug-likeness (QED) is 0.510. The molecule has 0 saturated carbocycles. The van der Waals surface area contributed by atoms with Crippen LogP contribution in [0.25, 0.3) is 5.76 Å². The average molecular weight is 333 g/mol. The smallest absolute Gasteiger partial charge is 0.356 e. The summed E-state index contributed by atoms with van der Waals surface area (Å²) >= 11 is 5.93. The fraction of sp³-hybridized carbons (Fsp3) is 0.0625. The molecule has 2 N–H and O–H groups in total. The number of methoxy groups -OCH3 is 1. The fourth-order valence-electron chi connectivity index (χ4n) is 1.74. The molecule has 0 radical (unpaired) electrons. The normalized spacial score (nSPS) is 11.0. The number of carbonyl (C=O) groups is 2. The van der Waals surface area contributed by atoms with Gasteiger partial charge in [-0.05, 0) is 6.07 Å². The number of hydrogen-bond acceptors (Lipinski definition) is 5. The Morgan fingerprint density at radius 3 is 2.65 bits per heavy atom. The molecule has 118 valence electrons. The van der Waals surface area contributed by atoms with Crippen LogP contribution < -0.4 is 5.32 Å². The molecule has 2 rings (SSSR count). The molecular weight excluding hydrogens is 320 g/mol. The number of esters is 1. The lowest BCUT2D eigenvalue weighted by Gasteiger charge is -2.07. The van der Waals surface area contributed by atoms with Crippen molar-refractivity contribution in [1.29, 1.82) is 0 Å². The van der Waals surface area contributed by atoms with Crippen LogP contribution in [0.4, 0.5) is 5.69 Å². The number of ether oxygens (including phenoxy) is 1. The molecule has 1 heterocycles. The molecular formula is C16H13ClN2O4. The highest BCUT2D eigenvalue weighted by Gasteiger charge is 2.12. The summed E-state index contributed by atoms with van der Waals surface area (Å²) < 4.78 is 4.55. The topological polar surface area (TPSA) is 88.5 Å². The minimum absolute atomic E-state index is 0.00320. The van der Waals surface area contributed by atoms with E-state index in [1.54, 1.807) is 30.3 Å². The van der Waals surface area contributed by atoms with Crippen LogP contribution in [-0.2, 0) is 9.53 Å². The zero-order valence-corrected chi connectivity index (χ0v) is 12.9. The minimum atomic E-state index is -0.653. The van der Waals surface area contributed by atoms with Gasteiger partial charge in [-0.2, -0.15) is 0 Å². The van der Waals surface area contributed by atoms with Crippen LogP contribution in [0.1, 0.15) is 16.1 Å². The van der Waals surface area contributed by atoms with E-state index in [1.807, 2.05) is 0 Å². The van der Waals surface area contributed by atoms with Crippen molar-refractivity contribution < 1.29 is 19.4 Å². The lowest BCUT2D eigenvalue weighted by molar-refractivity contribution is -0.111. The monoisotopic (exact) mass is 332 g/mol. The summed E-state index contributed by atoms with van der Waals surface area (Å²) in [5.74, 6) is -1.45. The van der Waals surface area contributed by atoms with Crippen LogP contribution in [0.3, 0.4) is 0 Å². The van der Waals surface area contributed by atoms with E-state index in [9.17, 15) is 14.7 Å². The molecule has 7 heteroatoms. The molecule has 0 aliphatic rings. The Morgan fingerprint density at radius 2 is 2.00 bits per heavy atom. The molecule has 0 aliphatic heterocycles. The molecule has 0 unspecified atom stereocenters. The number of amides is 1. The van der Waals surface area contributed by atoms with Gasteiger partial charge >= 0.3 is 5.97 Å². The Morgan fingerprint density at radius 1 is 1.30 bits per heavy atom. The molecule has 0 aliphatic carbocycles. The molecule has 0 spiro atoms. The highest BCUT2D eigenvalue weighted by molar-refractivity contribution is 6.33. The zero-order valence-electron chi connectivity index (χ0n) is 12.1. The predicted molar refractivity (Wildman–Crippen MR) is 86.3 cm³/mol. The van der Waals surface area contributed by atoms with Gasteiger partial charge in [0.25, 0.3) is 5.91 Å². The second kappa shape index (κ2) is 7.42. The Labute approximate surface area is 137 Å². The third kappa shape index (κ3) is 4.31. The molecule has 1 aromatic heterocycles. The number of hydrogen-bond donors (Lipinski definition) is 2. The van der Waals surface area contributed by atoms with Gasteiger partial charge in [-0.3, -0.25) is 4.79 Å². The van der Waals surface area contributed by atoms with E-state index >= 15 is 0 Å². The molecule has 23 heavy (non-hydrogen) atoms. The maximum atomic E-state index is 12.0. The number of nitrogens with one attached hydrogen (secondary N) is 1. The van der Waals surface area contributed by atoms with Crippen LogP contribution in [0.5, 0.6) is 0 Å². The molecule has 0 bridgehead atoms. The standard InChI is InChI=1S/C16H13ClN2O4/c1-23-16(22)13-7-12(11(17)9-18-13)19-15(21)8-14(20)10-5-3-2-4-6-10/h2-9,20H,1H3,(H,18,19,21). The number of rotatable bonds is 4. The van der Waals surface area contributed by atoms with Gasteiger partial charge in [0.05, 0.1) is 17.8 Å². The van der Waals surface area contributed by atoms with Crippen LogP contribution in [0.2, 0.25) is 5.02 Å². The van der Waals surface area contributed by atoms with Crippen molar-refractivity contribution in [3.8, 4) is 0 Å². The van der Waals surface area contributed by atoms with Crippen molar-refractivity contribution in [2.45, 2.75) is 0 Å². The van der Waals surface area contributed by atoms with Crippen LogP contribution in [0.15, 0.2) is 48.7 Å². The Balaban J connectivity index is 2.18. The van der Waals surface area contributed by atoms with E-state index in [1.165, 1.54) is 19.4 Å². The van der Waals surface area contributed by atoms with Crippen LogP contribution in [0, 0.1) is 0 Å². The molecule has 2 aromatic rings. The van der Waals surface area contributed by atoms with E-state index in [4.69, 9.17) is 11.6 Å². The lowest BCUT2D eigenvalue weighted by Crippen LogP contribution is -2.11. The van der Waals surface area contributed by atoms with Crippen LogP contribution >= 0.6 is 11.6 Å². The first-order chi connectivity index (χ1) is 11.0. The number of nitrogens with zero attached hydrogens (tertiary/aromatic N) is 1. The van der Waals surface area contributed by atoms with Gasteiger partial charge in [0, 0.05) is 17.8 Å². The van der Waals surface area contributed by atoms with Crippen molar-refractivity contribution in [1.82, 2.24) is 4.98 Å². The van der Waals surface area contributed by atoms with E-state index < -0.39 is 11.9 Å². The van der Waals surface area contributed by atoms with Gasteiger partial charge in [0.2, 0.25) is 0 Å². The fourth-order valence-corrected chi connectivity index (χ4v) is 1.89. The molecule has 0 saturated heterocycles. The third-order valence-electron chi connectivity index (χ3n) is 2.85. The van der Waals surface area contributed by atoms with Gasteiger partial charge in [-0.25, -0.2) is 9.78 Å². The number of aliphatic hydroxyl groups is 1. The third-order valence-corrected chi connectivity index (χ3v) is 3.15. The number of aliphatic hydroxyl groups excluding tert-OH is 1. The van der Waals surface area contributed by atoms with E-state index in [0.29, 0.717) is 5.56 Å². The van der Waals surface area contributed by atoms with Crippen molar-refractivity contribution in [2.24, 2.45) is 0 Å². The van der Waals surface area contributed by atoms with Crippen molar-refractivity contribution in [2.75, 3.05) is 12.4 Å². The number of benzene rings is 1. The van der Waals surface area contributed by atoms with Gasteiger partial charge in [0.1, 0.15) is 5.76 Å². The summed E-state index contributed by atoms with van der Waals surface area (Å²) in [6.07, 6.45) is 2.24. The second-order valence-corrected chi connectivity index (χ2v) is 4.83. The second-order valence-electron chi connectivity index (χ2n) is 4.43. The SMILES string of the molecule is COC(=O)c1cc(NC(=O)C=C(O)c2ccccc2)c(Cl)cn1. The lowest BCUT2D eigenvalue weighted by atomic mass is 10.2. The number of pyridine rings is 1. The van der Waals surface area contributed by atoms with E-state index in [-0.39, 0.29) is 22.2 Å². The highest BCUT2D eigenvalue weighted by Crippen LogP contribution is 2.22. The van der Waals surface area contributed by atoms with Gasteiger partial charge in [0.15, 0.2) is 5.69 Å². The maximum absolute atomic E-state index is 12.0. The van der Waals surface area contributed by atoms with Gasteiger partial charge in [-0.15, -0.1) is 0 Å². The highest BCUT2D eigenvalue weighted by atomic mass is 35.5. The number of carbonyl (C=O) groups excluding carboxylic acids is 2. The maximum Gasteiger partial charge on any atom is 0.356 e. The van der Waals surface area contributed by atoms with Crippen LogP contribution in [-0.4, -0.2) is 29.1 Å². The summed E-state index contributed by atoms with van der Waals surface area (Å²) in [7, 11) is 1.22. The summed E-state index contributed by atoms with van der Waals surface area (Å²) in [5, 5.41) is 12.5. The molecule has 1 amide bonds.